The maximum absolute atomic E-state index is 13.6. The van der Waals surface area contributed by atoms with Crippen LogP contribution in [0.3, 0.4) is 0 Å². The molecule has 0 saturated heterocycles. The Morgan fingerprint density at radius 1 is 1.33 bits per heavy atom. The largest absolute Gasteiger partial charge is 0.389 e. The Labute approximate surface area is 139 Å². The van der Waals surface area contributed by atoms with Crippen LogP contribution in [0, 0.1) is 5.82 Å². The fourth-order valence-electron chi connectivity index (χ4n) is 2.78. The van der Waals surface area contributed by atoms with Crippen LogP contribution in [0.2, 0.25) is 0 Å². The van der Waals surface area contributed by atoms with Crippen molar-refractivity contribution in [1.82, 2.24) is 14.9 Å². The highest BCUT2D eigenvalue weighted by Gasteiger charge is 2.18. The summed E-state index contributed by atoms with van der Waals surface area (Å²) in [7, 11) is 1.83. The minimum atomic E-state index is -0.789. The van der Waals surface area contributed by atoms with E-state index in [0.29, 0.717) is 17.7 Å². The molecule has 0 unspecified atom stereocenters. The Morgan fingerprint density at radius 2 is 2.12 bits per heavy atom. The van der Waals surface area contributed by atoms with E-state index in [-0.39, 0.29) is 5.82 Å². The molecule has 0 aliphatic carbocycles. The molecule has 3 rings (SSSR count). The van der Waals surface area contributed by atoms with Crippen LogP contribution < -0.4 is 0 Å². The first-order chi connectivity index (χ1) is 11.5. The average molecular weight is 329 g/mol. The first kappa shape index (κ1) is 16.4. The fraction of sp³-hybridized carbons (Fsp3) is 0.333. The van der Waals surface area contributed by atoms with Crippen LogP contribution in [0.25, 0.3) is 11.3 Å². The summed E-state index contributed by atoms with van der Waals surface area (Å²) in [5.74, 6) is 0.372. The highest BCUT2D eigenvalue weighted by atomic mass is 19.1. The molecule has 1 aromatic carbocycles. The Balaban J connectivity index is 2.03. The lowest BCUT2D eigenvalue weighted by molar-refractivity contribution is 0.199. The zero-order valence-corrected chi connectivity index (χ0v) is 14.0. The van der Waals surface area contributed by atoms with Crippen molar-refractivity contribution in [2.45, 2.75) is 32.8 Å². The lowest BCUT2D eigenvalue weighted by Gasteiger charge is -2.11. The number of nitrogens with zero attached hydrogens (tertiary/aromatic N) is 3. The van der Waals surface area contributed by atoms with Crippen molar-refractivity contribution >= 4 is 0 Å². The quantitative estimate of drug-likeness (QED) is 0.779. The van der Waals surface area contributed by atoms with Gasteiger partial charge in [0.25, 0.3) is 0 Å². The minimum absolute atomic E-state index is 0.380. The van der Waals surface area contributed by atoms with E-state index in [1.54, 1.807) is 17.7 Å². The summed E-state index contributed by atoms with van der Waals surface area (Å²) in [6, 6.07) is 6.31. The van der Waals surface area contributed by atoms with Gasteiger partial charge in [0, 0.05) is 36.9 Å². The van der Waals surface area contributed by atoms with Gasteiger partial charge in [0.2, 0.25) is 0 Å². The average Bonchev–Trinajstić information content (AvgIpc) is 3.14. The Morgan fingerprint density at radius 3 is 2.79 bits per heavy atom. The predicted molar refractivity (Wildman–Crippen MR) is 87.9 cm³/mol. The van der Waals surface area contributed by atoms with E-state index in [1.807, 2.05) is 26.2 Å². The van der Waals surface area contributed by atoms with Gasteiger partial charge in [0.15, 0.2) is 0 Å². The minimum Gasteiger partial charge on any atom is -0.389 e. The maximum Gasteiger partial charge on any atom is 0.141 e. The molecule has 0 saturated carbocycles. The van der Waals surface area contributed by atoms with Crippen LogP contribution in [0.5, 0.6) is 0 Å². The highest BCUT2D eigenvalue weighted by molar-refractivity contribution is 5.67. The summed E-state index contributed by atoms with van der Waals surface area (Å²) in [4.78, 5) is 0. The van der Waals surface area contributed by atoms with Gasteiger partial charge >= 0.3 is 0 Å². The van der Waals surface area contributed by atoms with Gasteiger partial charge in [0.05, 0.1) is 17.5 Å². The van der Waals surface area contributed by atoms with Gasteiger partial charge in [-0.15, -0.1) is 0 Å². The highest BCUT2D eigenvalue weighted by Crippen LogP contribution is 2.31. The number of aliphatic hydroxyl groups excluding tert-OH is 1. The molecule has 1 atom stereocenters. The normalized spacial score (nSPS) is 12.5. The summed E-state index contributed by atoms with van der Waals surface area (Å²) in [5, 5.41) is 18.5. The summed E-state index contributed by atoms with van der Waals surface area (Å²) in [6.07, 6.45) is 2.46. The number of benzene rings is 1. The molecule has 1 N–H and O–H groups in total. The van der Waals surface area contributed by atoms with Crippen molar-refractivity contribution in [3.63, 3.8) is 0 Å². The lowest BCUT2D eigenvalue weighted by atomic mass is 9.97. The van der Waals surface area contributed by atoms with Crippen LogP contribution in [0.15, 0.2) is 35.0 Å². The van der Waals surface area contributed by atoms with E-state index >= 15 is 0 Å². The molecule has 6 heteroatoms. The number of rotatable bonds is 5. The number of aliphatic hydroxyl groups is 1. The molecule has 2 heterocycles. The second kappa shape index (κ2) is 6.57. The van der Waals surface area contributed by atoms with E-state index < -0.39 is 6.10 Å². The molecule has 3 aromatic rings. The zero-order chi connectivity index (χ0) is 17.3. The summed E-state index contributed by atoms with van der Waals surface area (Å²) < 4.78 is 20.6. The molecule has 2 aromatic heterocycles. The number of hydrogen-bond acceptors (Lipinski definition) is 4. The third-order valence-electron chi connectivity index (χ3n) is 3.96. The van der Waals surface area contributed by atoms with E-state index in [2.05, 4.69) is 10.3 Å². The monoisotopic (exact) mass is 329 g/mol. The van der Waals surface area contributed by atoms with Crippen LogP contribution in [-0.4, -0.2) is 20.0 Å². The predicted octanol–water partition coefficient (Wildman–Crippen LogP) is 3.42. The Bertz CT molecular complexity index is 852. The second-order valence-corrected chi connectivity index (χ2v) is 5.90. The van der Waals surface area contributed by atoms with Crippen molar-refractivity contribution in [2.24, 2.45) is 7.05 Å². The van der Waals surface area contributed by atoms with E-state index in [1.165, 1.54) is 12.1 Å². The number of aryl methyl sites for hydroxylation is 2. The van der Waals surface area contributed by atoms with Gasteiger partial charge in [-0.2, -0.15) is 5.10 Å². The maximum atomic E-state index is 13.6. The number of hydrogen-bond donors (Lipinski definition) is 1. The molecular weight excluding hydrogens is 309 g/mol. The van der Waals surface area contributed by atoms with Crippen molar-refractivity contribution in [3.05, 3.63) is 58.9 Å². The number of aromatic nitrogens is 3. The molecule has 0 aliphatic heterocycles. The first-order valence-electron chi connectivity index (χ1n) is 7.92. The zero-order valence-electron chi connectivity index (χ0n) is 14.0. The number of halogens is 1. The van der Waals surface area contributed by atoms with Gasteiger partial charge in [0.1, 0.15) is 11.6 Å². The second-order valence-electron chi connectivity index (χ2n) is 5.90. The third-order valence-corrected chi connectivity index (χ3v) is 3.96. The SMILES string of the molecule is CCc1cc(Cc2cn(C)nc2-c2ccc(F)cc2[C@@H](C)O)on1. The van der Waals surface area contributed by atoms with Crippen molar-refractivity contribution in [3.8, 4) is 11.3 Å². The molecule has 24 heavy (non-hydrogen) atoms. The van der Waals surface area contributed by atoms with Gasteiger partial charge in [-0.05, 0) is 37.1 Å². The molecule has 0 radical (unpaired) electrons. The van der Waals surface area contributed by atoms with Gasteiger partial charge in [-0.3, -0.25) is 4.68 Å². The van der Waals surface area contributed by atoms with Gasteiger partial charge < -0.3 is 9.63 Å². The van der Waals surface area contributed by atoms with Crippen LogP contribution in [-0.2, 0) is 19.9 Å². The summed E-state index contributed by atoms with van der Waals surface area (Å²) >= 11 is 0. The summed E-state index contributed by atoms with van der Waals surface area (Å²) in [6.45, 7) is 3.63. The van der Waals surface area contributed by atoms with Crippen molar-refractivity contribution in [2.75, 3.05) is 0 Å². The molecule has 0 bridgehead atoms. The molecular formula is C18H20FN3O2. The molecule has 0 spiro atoms. The van der Waals surface area contributed by atoms with Crippen LogP contribution >= 0.6 is 0 Å². The Kier molecular flexibility index (Phi) is 4.49. The summed E-state index contributed by atoms with van der Waals surface area (Å²) in [5.41, 5.74) is 3.79. The third kappa shape index (κ3) is 3.23. The van der Waals surface area contributed by atoms with E-state index in [4.69, 9.17) is 4.52 Å². The topological polar surface area (TPSA) is 64.1 Å². The van der Waals surface area contributed by atoms with Crippen molar-refractivity contribution < 1.29 is 14.0 Å². The molecule has 0 fully saturated rings. The fourth-order valence-corrected chi connectivity index (χ4v) is 2.78. The van der Waals surface area contributed by atoms with Crippen molar-refractivity contribution in [1.29, 1.82) is 0 Å². The molecule has 0 amide bonds. The van der Waals surface area contributed by atoms with Crippen LogP contribution in [0.4, 0.5) is 4.39 Å². The lowest BCUT2D eigenvalue weighted by Crippen LogP contribution is -1.99. The first-order valence-corrected chi connectivity index (χ1v) is 7.92. The van der Waals surface area contributed by atoms with Gasteiger partial charge in [-0.25, -0.2) is 4.39 Å². The Hall–Kier alpha value is -2.47. The molecule has 5 nitrogen and oxygen atoms in total. The van der Waals surface area contributed by atoms with E-state index in [9.17, 15) is 9.50 Å². The van der Waals surface area contributed by atoms with E-state index in [0.717, 1.165) is 29.0 Å². The molecule has 126 valence electrons. The smallest absolute Gasteiger partial charge is 0.141 e. The standard InChI is InChI=1S/C18H20FN3O2/c1-4-14-9-15(24-21-14)7-12-10-22(3)20-18(12)16-6-5-13(19)8-17(16)11(2)23/h5-6,8-11,23H,4,7H2,1-3H3/t11-/m1/s1. The van der Waals surface area contributed by atoms with Gasteiger partial charge in [-0.1, -0.05) is 12.1 Å². The van der Waals surface area contributed by atoms with Crippen LogP contribution in [0.1, 0.15) is 42.5 Å². The molecule has 0 aliphatic rings.